The monoisotopic (exact) mass is 280 g/mol. The first-order chi connectivity index (χ1) is 9.67. The first kappa shape index (κ1) is 17.0. The van der Waals surface area contributed by atoms with Gasteiger partial charge in [0.1, 0.15) is 5.75 Å². The fraction of sp³-hybridized carbons (Fsp3) is 0.625. The normalized spacial score (nSPS) is 14.3. The molecule has 4 nitrogen and oxygen atoms in total. The Kier molecular flexibility index (Phi) is 7.59. The van der Waals surface area contributed by atoms with E-state index in [-0.39, 0.29) is 18.7 Å². The molecule has 0 saturated carbocycles. The van der Waals surface area contributed by atoms with E-state index in [1.807, 2.05) is 18.2 Å². The number of aliphatic hydroxyl groups excluding tert-OH is 1. The van der Waals surface area contributed by atoms with E-state index in [1.165, 1.54) is 5.56 Å². The number of ether oxygens (including phenoxy) is 1. The number of hydrogen-bond donors (Lipinski definition) is 2. The number of benzene rings is 1. The van der Waals surface area contributed by atoms with Crippen molar-refractivity contribution in [2.75, 3.05) is 33.4 Å². The van der Waals surface area contributed by atoms with Crippen molar-refractivity contribution in [1.29, 1.82) is 0 Å². The lowest BCUT2D eigenvalue weighted by Gasteiger charge is -2.32. The van der Waals surface area contributed by atoms with Crippen molar-refractivity contribution in [3.05, 3.63) is 29.8 Å². The standard InChI is InChI=1S/C16H28N2O2/c1-5-17-14(12-19)11-18(6-2)13(3)15-9-7-8-10-16(15)20-4/h7-10,13-14,17,19H,5-6,11-12H2,1-4H3/t13-,14-/m0/s1. The molecule has 0 radical (unpaired) electrons. The zero-order valence-electron chi connectivity index (χ0n) is 13.1. The highest BCUT2D eigenvalue weighted by molar-refractivity contribution is 5.35. The summed E-state index contributed by atoms with van der Waals surface area (Å²) < 4.78 is 5.45. The van der Waals surface area contributed by atoms with Crippen LogP contribution in [0.5, 0.6) is 5.75 Å². The van der Waals surface area contributed by atoms with Crippen molar-refractivity contribution in [3.8, 4) is 5.75 Å². The lowest BCUT2D eigenvalue weighted by molar-refractivity contribution is 0.156. The van der Waals surface area contributed by atoms with Crippen LogP contribution in [-0.2, 0) is 0 Å². The third-order valence-electron chi connectivity index (χ3n) is 3.71. The van der Waals surface area contributed by atoms with Gasteiger partial charge < -0.3 is 15.2 Å². The van der Waals surface area contributed by atoms with Gasteiger partial charge in [0.25, 0.3) is 0 Å². The summed E-state index contributed by atoms with van der Waals surface area (Å²) in [4.78, 5) is 2.35. The molecule has 0 aliphatic heterocycles. The lowest BCUT2D eigenvalue weighted by Crippen LogP contribution is -2.44. The van der Waals surface area contributed by atoms with Gasteiger partial charge in [-0.2, -0.15) is 0 Å². The average Bonchev–Trinajstić information content (AvgIpc) is 2.50. The summed E-state index contributed by atoms with van der Waals surface area (Å²) in [6.45, 7) is 9.16. The Bertz CT molecular complexity index is 384. The first-order valence-corrected chi connectivity index (χ1v) is 7.39. The fourth-order valence-corrected chi connectivity index (χ4v) is 2.53. The van der Waals surface area contributed by atoms with E-state index in [4.69, 9.17) is 4.74 Å². The van der Waals surface area contributed by atoms with Gasteiger partial charge in [-0.25, -0.2) is 0 Å². The van der Waals surface area contributed by atoms with Gasteiger partial charge >= 0.3 is 0 Å². The number of nitrogens with zero attached hydrogens (tertiary/aromatic N) is 1. The molecule has 0 saturated heterocycles. The van der Waals surface area contributed by atoms with Crippen molar-refractivity contribution < 1.29 is 9.84 Å². The largest absolute Gasteiger partial charge is 0.496 e. The topological polar surface area (TPSA) is 44.7 Å². The van der Waals surface area contributed by atoms with E-state index < -0.39 is 0 Å². The molecule has 0 unspecified atom stereocenters. The zero-order chi connectivity index (χ0) is 15.0. The van der Waals surface area contributed by atoms with E-state index in [2.05, 4.69) is 37.1 Å². The highest BCUT2D eigenvalue weighted by Gasteiger charge is 2.20. The summed E-state index contributed by atoms with van der Waals surface area (Å²) in [6.07, 6.45) is 0. The number of aliphatic hydroxyl groups is 1. The first-order valence-electron chi connectivity index (χ1n) is 7.39. The summed E-state index contributed by atoms with van der Waals surface area (Å²) in [5.41, 5.74) is 1.19. The van der Waals surface area contributed by atoms with Gasteiger partial charge in [0.15, 0.2) is 0 Å². The van der Waals surface area contributed by atoms with Crippen molar-refractivity contribution in [1.82, 2.24) is 10.2 Å². The Morgan fingerprint density at radius 2 is 2.00 bits per heavy atom. The maximum atomic E-state index is 9.44. The quantitative estimate of drug-likeness (QED) is 0.727. The summed E-state index contributed by atoms with van der Waals surface area (Å²) in [7, 11) is 1.71. The molecule has 2 N–H and O–H groups in total. The summed E-state index contributed by atoms with van der Waals surface area (Å²) in [6, 6.07) is 8.48. The van der Waals surface area contributed by atoms with Crippen molar-refractivity contribution in [2.45, 2.75) is 32.9 Å². The van der Waals surface area contributed by atoms with E-state index >= 15 is 0 Å². The Balaban J connectivity index is 2.82. The molecular formula is C16H28N2O2. The molecule has 1 aromatic rings. The van der Waals surface area contributed by atoms with Crippen LogP contribution < -0.4 is 10.1 Å². The zero-order valence-corrected chi connectivity index (χ0v) is 13.1. The van der Waals surface area contributed by atoms with E-state index in [0.29, 0.717) is 0 Å². The van der Waals surface area contributed by atoms with E-state index in [0.717, 1.165) is 25.4 Å². The van der Waals surface area contributed by atoms with Crippen LogP contribution in [0.4, 0.5) is 0 Å². The van der Waals surface area contributed by atoms with Gasteiger partial charge in [-0.15, -0.1) is 0 Å². The van der Waals surface area contributed by atoms with Gasteiger partial charge in [-0.3, -0.25) is 4.90 Å². The highest BCUT2D eigenvalue weighted by Crippen LogP contribution is 2.28. The number of para-hydroxylation sites is 1. The molecule has 4 heteroatoms. The Labute approximate surface area is 122 Å². The minimum Gasteiger partial charge on any atom is -0.496 e. The third kappa shape index (κ3) is 4.47. The molecule has 0 spiro atoms. The maximum Gasteiger partial charge on any atom is 0.123 e. The Morgan fingerprint density at radius 1 is 1.30 bits per heavy atom. The predicted molar refractivity (Wildman–Crippen MR) is 83.2 cm³/mol. The highest BCUT2D eigenvalue weighted by atomic mass is 16.5. The number of likely N-dealkylation sites (N-methyl/N-ethyl adjacent to an activating group) is 2. The molecule has 0 aliphatic rings. The number of rotatable bonds is 9. The molecule has 0 aromatic heterocycles. The van der Waals surface area contributed by atoms with Crippen LogP contribution in [0.1, 0.15) is 32.4 Å². The predicted octanol–water partition coefficient (Wildman–Crippen LogP) is 2.05. The van der Waals surface area contributed by atoms with E-state index in [1.54, 1.807) is 7.11 Å². The van der Waals surface area contributed by atoms with Gasteiger partial charge in [-0.1, -0.05) is 32.0 Å². The smallest absolute Gasteiger partial charge is 0.123 e. The van der Waals surface area contributed by atoms with Crippen molar-refractivity contribution in [2.24, 2.45) is 0 Å². The Hall–Kier alpha value is -1.10. The second kappa shape index (κ2) is 8.95. The maximum absolute atomic E-state index is 9.44. The molecule has 0 aliphatic carbocycles. The molecule has 20 heavy (non-hydrogen) atoms. The van der Waals surface area contributed by atoms with Gasteiger partial charge in [0.2, 0.25) is 0 Å². The molecule has 0 heterocycles. The number of hydrogen-bond acceptors (Lipinski definition) is 4. The lowest BCUT2D eigenvalue weighted by atomic mass is 10.0. The number of methoxy groups -OCH3 is 1. The Morgan fingerprint density at radius 3 is 2.55 bits per heavy atom. The summed E-state index contributed by atoms with van der Waals surface area (Å²) in [5.74, 6) is 0.919. The van der Waals surface area contributed by atoms with Crippen LogP contribution in [0.15, 0.2) is 24.3 Å². The summed E-state index contributed by atoms with van der Waals surface area (Å²) >= 11 is 0. The number of nitrogens with one attached hydrogen (secondary N) is 1. The SMILES string of the molecule is CCN[C@H](CO)CN(CC)[C@@H](C)c1ccccc1OC. The molecule has 0 fully saturated rings. The van der Waals surface area contributed by atoms with Crippen molar-refractivity contribution in [3.63, 3.8) is 0 Å². The van der Waals surface area contributed by atoms with Crippen LogP contribution >= 0.6 is 0 Å². The van der Waals surface area contributed by atoms with Crippen molar-refractivity contribution >= 4 is 0 Å². The van der Waals surface area contributed by atoms with Crippen LogP contribution in [0.3, 0.4) is 0 Å². The fourth-order valence-electron chi connectivity index (χ4n) is 2.53. The van der Waals surface area contributed by atoms with Crippen LogP contribution in [-0.4, -0.2) is 49.4 Å². The van der Waals surface area contributed by atoms with Gasteiger partial charge in [-0.05, 0) is 26.1 Å². The molecule has 1 rings (SSSR count). The second-order valence-corrected chi connectivity index (χ2v) is 4.94. The molecule has 2 atom stereocenters. The second-order valence-electron chi connectivity index (χ2n) is 4.94. The van der Waals surface area contributed by atoms with Crippen LogP contribution in [0, 0.1) is 0 Å². The molecule has 1 aromatic carbocycles. The average molecular weight is 280 g/mol. The summed E-state index contributed by atoms with van der Waals surface area (Å²) in [5, 5.41) is 12.7. The molecular weight excluding hydrogens is 252 g/mol. The molecule has 0 bridgehead atoms. The molecule has 0 amide bonds. The minimum absolute atomic E-state index is 0.108. The van der Waals surface area contributed by atoms with Gasteiger partial charge in [0, 0.05) is 24.2 Å². The molecule has 114 valence electrons. The van der Waals surface area contributed by atoms with Crippen LogP contribution in [0.2, 0.25) is 0 Å². The minimum atomic E-state index is 0.108. The van der Waals surface area contributed by atoms with E-state index in [9.17, 15) is 5.11 Å². The third-order valence-corrected chi connectivity index (χ3v) is 3.71. The van der Waals surface area contributed by atoms with Crippen LogP contribution in [0.25, 0.3) is 0 Å². The van der Waals surface area contributed by atoms with Gasteiger partial charge in [0.05, 0.1) is 13.7 Å².